The van der Waals surface area contributed by atoms with Crippen molar-refractivity contribution in [1.29, 1.82) is 0 Å². The summed E-state index contributed by atoms with van der Waals surface area (Å²) in [7, 11) is 0. The van der Waals surface area contributed by atoms with Crippen LogP contribution in [0.5, 0.6) is 0 Å². The van der Waals surface area contributed by atoms with Crippen LogP contribution >= 0.6 is 0 Å². The van der Waals surface area contributed by atoms with Gasteiger partial charge in [-0.3, -0.25) is 9.59 Å². The number of hydrogen-bond donors (Lipinski definition) is 2. The fourth-order valence-electron chi connectivity index (χ4n) is 2.53. The number of benzene rings is 2. The van der Waals surface area contributed by atoms with E-state index in [-0.39, 0.29) is 11.3 Å². The molecule has 0 unspecified atom stereocenters. The van der Waals surface area contributed by atoms with E-state index < -0.39 is 29.7 Å². The van der Waals surface area contributed by atoms with Gasteiger partial charge in [0.25, 0.3) is 11.8 Å². The Morgan fingerprint density at radius 1 is 1.03 bits per heavy atom. The number of halogens is 1. The van der Waals surface area contributed by atoms with Crippen molar-refractivity contribution in [3.8, 4) is 0 Å². The molecule has 2 aromatic carbocycles. The van der Waals surface area contributed by atoms with Crippen LogP contribution in [0.4, 0.5) is 15.8 Å². The van der Waals surface area contributed by atoms with Crippen molar-refractivity contribution in [1.82, 2.24) is 0 Å². The first-order chi connectivity index (χ1) is 14.3. The smallest absolute Gasteiger partial charge is 0.338 e. The van der Waals surface area contributed by atoms with E-state index in [1.165, 1.54) is 55.7 Å². The lowest BCUT2D eigenvalue weighted by atomic mass is 10.1. The molecule has 3 rings (SSSR count). The molecule has 0 aliphatic carbocycles. The summed E-state index contributed by atoms with van der Waals surface area (Å²) in [6.45, 7) is 3.19. The number of amides is 2. The molecule has 0 spiro atoms. The maximum absolute atomic E-state index is 12.9. The molecule has 0 fully saturated rings. The quantitative estimate of drug-likeness (QED) is 0.595. The van der Waals surface area contributed by atoms with Crippen molar-refractivity contribution in [2.45, 2.75) is 20.0 Å². The molecule has 1 aromatic heterocycles. The van der Waals surface area contributed by atoms with Crippen LogP contribution in [-0.2, 0) is 9.53 Å². The molecular formula is C22H19FN2O5. The minimum absolute atomic E-state index is 0.133. The van der Waals surface area contributed by atoms with E-state index in [0.717, 1.165) is 5.56 Å². The maximum atomic E-state index is 12.9. The van der Waals surface area contributed by atoms with Crippen molar-refractivity contribution in [3.63, 3.8) is 0 Å². The summed E-state index contributed by atoms with van der Waals surface area (Å²) in [5.41, 5.74) is 1.68. The summed E-state index contributed by atoms with van der Waals surface area (Å²) in [4.78, 5) is 36.8. The van der Waals surface area contributed by atoms with E-state index in [9.17, 15) is 18.8 Å². The Bertz CT molecular complexity index is 1060. The third kappa shape index (κ3) is 5.11. The van der Waals surface area contributed by atoms with Gasteiger partial charge in [-0.1, -0.05) is 6.07 Å². The molecule has 0 aliphatic heterocycles. The second-order valence-electron chi connectivity index (χ2n) is 6.50. The number of carbonyl (C=O) groups is 3. The minimum Gasteiger partial charge on any atom is -0.459 e. The van der Waals surface area contributed by atoms with Gasteiger partial charge in [-0.05, 0) is 67.9 Å². The highest BCUT2D eigenvalue weighted by Gasteiger charge is 2.20. The summed E-state index contributed by atoms with van der Waals surface area (Å²) in [6.07, 6.45) is 0.290. The van der Waals surface area contributed by atoms with Crippen molar-refractivity contribution in [3.05, 3.63) is 83.6 Å². The number of carbonyl (C=O) groups excluding carboxylic acids is 3. The monoisotopic (exact) mass is 410 g/mol. The Morgan fingerprint density at radius 2 is 1.77 bits per heavy atom. The van der Waals surface area contributed by atoms with Crippen LogP contribution in [0.3, 0.4) is 0 Å². The molecule has 0 bridgehead atoms. The Labute approximate surface area is 171 Å². The normalized spacial score (nSPS) is 11.4. The summed E-state index contributed by atoms with van der Waals surface area (Å²) in [5.74, 6) is -2.05. The van der Waals surface area contributed by atoms with Gasteiger partial charge >= 0.3 is 5.97 Å². The van der Waals surface area contributed by atoms with Crippen LogP contribution in [-0.4, -0.2) is 23.9 Å². The Kier molecular flexibility index (Phi) is 6.26. The lowest BCUT2D eigenvalue weighted by molar-refractivity contribution is -0.123. The second kappa shape index (κ2) is 9.04. The molecule has 154 valence electrons. The number of aryl methyl sites for hydroxylation is 1. The van der Waals surface area contributed by atoms with Gasteiger partial charge in [0.05, 0.1) is 11.8 Å². The standard InChI is InChI=1S/C22H19FN2O5/c1-13-5-6-15(12-18(13)25-21(27)19-4-3-11-29-19)22(28)30-14(2)20(26)24-17-9-7-16(23)8-10-17/h3-12,14H,1-2H3,(H,24,26)(H,25,27)/t14-/m0/s1. The molecule has 0 saturated carbocycles. The zero-order valence-electron chi connectivity index (χ0n) is 16.3. The van der Waals surface area contributed by atoms with E-state index in [2.05, 4.69) is 10.6 Å². The maximum Gasteiger partial charge on any atom is 0.338 e. The Hall–Kier alpha value is -3.94. The molecule has 0 aliphatic rings. The largest absolute Gasteiger partial charge is 0.459 e. The highest BCUT2D eigenvalue weighted by Crippen LogP contribution is 2.19. The molecule has 2 amide bonds. The number of rotatable bonds is 6. The summed E-state index contributed by atoms with van der Waals surface area (Å²) >= 11 is 0. The van der Waals surface area contributed by atoms with Gasteiger partial charge in [0.1, 0.15) is 5.82 Å². The van der Waals surface area contributed by atoms with E-state index in [0.29, 0.717) is 11.4 Å². The number of ether oxygens (including phenoxy) is 1. The molecular weight excluding hydrogens is 391 g/mol. The van der Waals surface area contributed by atoms with Crippen LogP contribution in [0.1, 0.15) is 33.4 Å². The van der Waals surface area contributed by atoms with Crippen LogP contribution in [0.15, 0.2) is 65.3 Å². The predicted molar refractivity (Wildman–Crippen MR) is 108 cm³/mol. The summed E-state index contributed by atoms with van der Waals surface area (Å²) in [5, 5.41) is 5.21. The van der Waals surface area contributed by atoms with Gasteiger partial charge in [0.15, 0.2) is 11.9 Å². The first-order valence-corrected chi connectivity index (χ1v) is 9.06. The third-order valence-corrected chi connectivity index (χ3v) is 4.23. The molecule has 2 N–H and O–H groups in total. The van der Waals surface area contributed by atoms with Gasteiger partial charge in [-0.2, -0.15) is 0 Å². The highest BCUT2D eigenvalue weighted by atomic mass is 19.1. The Morgan fingerprint density at radius 3 is 2.43 bits per heavy atom. The predicted octanol–water partition coefficient (Wildman–Crippen LogP) is 4.16. The van der Waals surface area contributed by atoms with E-state index in [1.807, 2.05) is 0 Å². The number of nitrogens with one attached hydrogen (secondary N) is 2. The molecule has 7 nitrogen and oxygen atoms in total. The molecule has 0 saturated heterocycles. The van der Waals surface area contributed by atoms with Crippen LogP contribution in [0.2, 0.25) is 0 Å². The number of hydrogen-bond acceptors (Lipinski definition) is 5. The topological polar surface area (TPSA) is 97.6 Å². The third-order valence-electron chi connectivity index (χ3n) is 4.23. The lowest BCUT2D eigenvalue weighted by Crippen LogP contribution is -2.30. The van der Waals surface area contributed by atoms with E-state index in [4.69, 9.17) is 9.15 Å². The van der Waals surface area contributed by atoms with Crippen molar-refractivity contribution in [2.75, 3.05) is 10.6 Å². The van der Waals surface area contributed by atoms with Gasteiger partial charge in [0.2, 0.25) is 0 Å². The summed E-state index contributed by atoms with van der Waals surface area (Å²) < 4.78 is 23.2. The van der Waals surface area contributed by atoms with Crippen LogP contribution < -0.4 is 10.6 Å². The average molecular weight is 410 g/mol. The van der Waals surface area contributed by atoms with Crippen molar-refractivity contribution in [2.24, 2.45) is 0 Å². The summed E-state index contributed by atoms with van der Waals surface area (Å²) in [6, 6.07) is 13.0. The van der Waals surface area contributed by atoms with Crippen LogP contribution in [0.25, 0.3) is 0 Å². The van der Waals surface area contributed by atoms with E-state index in [1.54, 1.807) is 19.1 Å². The number of anilines is 2. The SMILES string of the molecule is Cc1ccc(C(=O)O[C@@H](C)C(=O)Nc2ccc(F)cc2)cc1NC(=O)c1ccco1. The zero-order valence-corrected chi connectivity index (χ0v) is 16.3. The zero-order chi connectivity index (χ0) is 21.7. The first-order valence-electron chi connectivity index (χ1n) is 9.06. The van der Waals surface area contributed by atoms with Gasteiger partial charge in [0, 0.05) is 11.4 Å². The fourth-order valence-corrected chi connectivity index (χ4v) is 2.53. The highest BCUT2D eigenvalue weighted by molar-refractivity contribution is 6.03. The first kappa shape index (κ1) is 20.8. The molecule has 30 heavy (non-hydrogen) atoms. The minimum atomic E-state index is -1.09. The van der Waals surface area contributed by atoms with Gasteiger partial charge in [-0.15, -0.1) is 0 Å². The molecule has 8 heteroatoms. The number of esters is 1. The molecule has 1 atom stereocenters. The Balaban J connectivity index is 1.65. The average Bonchev–Trinajstić information content (AvgIpc) is 3.26. The molecule has 1 heterocycles. The molecule has 0 radical (unpaired) electrons. The lowest BCUT2D eigenvalue weighted by Gasteiger charge is -2.14. The second-order valence-corrected chi connectivity index (χ2v) is 6.50. The van der Waals surface area contributed by atoms with Gasteiger partial charge in [-0.25, -0.2) is 9.18 Å². The van der Waals surface area contributed by atoms with E-state index >= 15 is 0 Å². The van der Waals surface area contributed by atoms with Gasteiger partial charge < -0.3 is 19.8 Å². The van der Waals surface area contributed by atoms with Crippen molar-refractivity contribution < 1.29 is 27.9 Å². The van der Waals surface area contributed by atoms with Crippen molar-refractivity contribution >= 4 is 29.2 Å². The van der Waals surface area contributed by atoms with Crippen LogP contribution in [0, 0.1) is 12.7 Å². The fraction of sp³-hybridized carbons (Fsp3) is 0.136. The molecule has 3 aromatic rings. The number of furan rings is 1.